The smallest absolute Gasteiger partial charge is 0.265 e. The monoisotopic (exact) mass is 312 g/mol. The Labute approximate surface area is 123 Å². The highest BCUT2D eigenvalue weighted by Gasteiger charge is 2.16. The van der Waals surface area contributed by atoms with Crippen molar-refractivity contribution < 1.29 is 12.8 Å². The zero-order valence-corrected chi connectivity index (χ0v) is 12.4. The number of rotatable bonds is 7. The van der Waals surface area contributed by atoms with Crippen LogP contribution in [0, 0.1) is 5.82 Å². The molecule has 0 bridgehead atoms. The van der Waals surface area contributed by atoms with Crippen LogP contribution >= 0.6 is 0 Å². The summed E-state index contributed by atoms with van der Waals surface area (Å²) < 4.78 is 41.0. The Morgan fingerprint density at radius 2 is 2.00 bits per heavy atom. The maximum absolute atomic E-state index is 12.8. The van der Waals surface area contributed by atoms with Crippen LogP contribution in [0.1, 0.15) is 6.92 Å². The van der Waals surface area contributed by atoms with E-state index in [1.165, 1.54) is 36.7 Å². The van der Waals surface area contributed by atoms with Crippen LogP contribution in [0.5, 0.6) is 0 Å². The summed E-state index contributed by atoms with van der Waals surface area (Å²) in [4.78, 5) is 0.0725. The van der Waals surface area contributed by atoms with Gasteiger partial charge in [-0.25, -0.2) is 12.8 Å². The van der Waals surface area contributed by atoms with Crippen LogP contribution in [0.25, 0.3) is 0 Å². The molecule has 1 aromatic heterocycles. The van der Waals surface area contributed by atoms with E-state index in [-0.39, 0.29) is 4.90 Å². The molecule has 0 saturated heterocycles. The van der Waals surface area contributed by atoms with E-state index in [0.717, 1.165) is 6.54 Å². The van der Waals surface area contributed by atoms with Gasteiger partial charge in [-0.05, 0) is 30.8 Å². The van der Waals surface area contributed by atoms with E-state index in [9.17, 15) is 12.8 Å². The third kappa shape index (κ3) is 4.27. The topological polar surface area (TPSA) is 76.0 Å². The summed E-state index contributed by atoms with van der Waals surface area (Å²) in [7, 11) is -3.71. The lowest BCUT2D eigenvalue weighted by atomic mass is 10.3. The summed E-state index contributed by atoms with van der Waals surface area (Å²) in [6.45, 7) is 4.13. The average molecular weight is 312 g/mol. The Hall–Kier alpha value is -1.93. The summed E-state index contributed by atoms with van der Waals surface area (Å²) in [5.41, 5.74) is 0.303. The first kappa shape index (κ1) is 15.5. The van der Waals surface area contributed by atoms with Gasteiger partial charge >= 0.3 is 0 Å². The standard InChI is InChI=1S/C13H17FN4O2S/c1-2-15-7-8-18-10-13(9-16-18)21(19,20)17-12-5-3-11(14)4-6-12/h3-6,9-10,15,17H,2,7-8H2,1H3. The molecule has 0 spiro atoms. The van der Waals surface area contributed by atoms with Crippen molar-refractivity contribution in [2.75, 3.05) is 17.8 Å². The first-order valence-corrected chi connectivity index (χ1v) is 8.01. The Balaban J connectivity index is 2.07. The molecule has 0 aliphatic carbocycles. The van der Waals surface area contributed by atoms with E-state index in [1.54, 1.807) is 4.68 Å². The van der Waals surface area contributed by atoms with E-state index in [2.05, 4.69) is 15.1 Å². The molecule has 0 saturated carbocycles. The fourth-order valence-corrected chi connectivity index (χ4v) is 2.72. The minimum Gasteiger partial charge on any atom is -0.315 e. The lowest BCUT2D eigenvalue weighted by Gasteiger charge is -2.05. The lowest BCUT2D eigenvalue weighted by molar-refractivity contribution is 0.564. The summed E-state index contributed by atoms with van der Waals surface area (Å²) in [5, 5.41) is 7.14. The molecule has 21 heavy (non-hydrogen) atoms. The van der Waals surface area contributed by atoms with Gasteiger partial charge in [0.25, 0.3) is 10.0 Å². The van der Waals surface area contributed by atoms with Crippen molar-refractivity contribution in [2.45, 2.75) is 18.4 Å². The highest BCUT2D eigenvalue weighted by Crippen LogP contribution is 2.15. The number of benzene rings is 1. The number of anilines is 1. The number of hydrogen-bond acceptors (Lipinski definition) is 4. The van der Waals surface area contributed by atoms with Crippen LogP contribution in [-0.2, 0) is 16.6 Å². The first-order chi connectivity index (χ1) is 10.0. The summed E-state index contributed by atoms with van der Waals surface area (Å²) in [6.07, 6.45) is 2.75. The molecule has 1 aromatic carbocycles. The lowest BCUT2D eigenvalue weighted by Crippen LogP contribution is -2.19. The number of halogens is 1. The number of likely N-dealkylation sites (N-methyl/N-ethyl adjacent to an activating group) is 1. The molecule has 0 fully saturated rings. The number of sulfonamides is 1. The van der Waals surface area contributed by atoms with Gasteiger partial charge in [0.05, 0.1) is 12.7 Å². The van der Waals surface area contributed by atoms with Crippen LogP contribution < -0.4 is 10.0 Å². The number of aromatic nitrogens is 2. The second-order valence-corrected chi connectivity index (χ2v) is 6.09. The van der Waals surface area contributed by atoms with Crippen molar-refractivity contribution in [3.8, 4) is 0 Å². The molecule has 0 atom stereocenters. The normalized spacial score (nSPS) is 11.5. The molecule has 0 aliphatic heterocycles. The molecular weight excluding hydrogens is 295 g/mol. The molecule has 2 N–H and O–H groups in total. The quantitative estimate of drug-likeness (QED) is 0.758. The second-order valence-electron chi connectivity index (χ2n) is 4.41. The highest BCUT2D eigenvalue weighted by atomic mass is 32.2. The van der Waals surface area contributed by atoms with Crippen molar-refractivity contribution in [3.63, 3.8) is 0 Å². The minimum absolute atomic E-state index is 0.0725. The second kappa shape index (κ2) is 6.68. The molecule has 0 aliphatic rings. The zero-order chi connectivity index (χ0) is 15.3. The molecule has 0 unspecified atom stereocenters. The molecule has 0 radical (unpaired) electrons. The summed E-state index contributed by atoms with van der Waals surface area (Å²) >= 11 is 0. The predicted molar refractivity (Wildman–Crippen MR) is 78.0 cm³/mol. The van der Waals surface area contributed by atoms with Crippen molar-refractivity contribution >= 4 is 15.7 Å². The largest absolute Gasteiger partial charge is 0.315 e. The summed E-state index contributed by atoms with van der Waals surface area (Å²) in [5.74, 6) is -0.422. The molecule has 2 aromatic rings. The first-order valence-electron chi connectivity index (χ1n) is 6.53. The molecule has 114 valence electrons. The van der Waals surface area contributed by atoms with Gasteiger partial charge in [0, 0.05) is 18.4 Å². The van der Waals surface area contributed by atoms with Gasteiger partial charge in [-0.15, -0.1) is 0 Å². The zero-order valence-electron chi connectivity index (χ0n) is 11.6. The van der Waals surface area contributed by atoms with E-state index in [4.69, 9.17) is 0 Å². The molecule has 2 rings (SSSR count). The average Bonchev–Trinajstić information content (AvgIpc) is 2.91. The Kier molecular flexibility index (Phi) is 4.92. The van der Waals surface area contributed by atoms with Gasteiger partial charge in [0.2, 0.25) is 0 Å². The Morgan fingerprint density at radius 1 is 1.29 bits per heavy atom. The van der Waals surface area contributed by atoms with E-state index >= 15 is 0 Å². The van der Waals surface area contributed by atoms with Gasteiger partial charge in [-0.3, -0.25) is 9.40 Å². The Morgan fingerprint density at radius 3 is 2.67 bits per heavy atom. The minimum atomic E-state index is -3.71. The predicted octanol–water partition coefficient (Wildman–Crippen LogP) is 1.43. The van der Waals surface area contributed by atoms with Crippen LogP contribution in [0.2, 0.25) is 0 Å². The SMILES string of the molecule is CCNCCn1cc(S(=O)(=O)Nc2ccc(F)cc2)cn1. The van der Waals surface area contributed by atoms with Gasteiger partial charge in [-0.2, -0.15) is 5.10 Å². The van der Waals surface area contributed by atoms with Gasteiger partial charge in [0.15, 0.2) is 0 Å². The van der Waals surface area contributed by atoms with Gasteiger partial charge < -0.3 is 5.32 Å². The molecule has 0 amide bonds. The maximum atomic E-state index is 12.8. The van der Waals surface area contributed by atoms with Crippen LogP contribution in [0.4, 0.5) is 10.1 Å². The third-order valence-corrected chi connectivity index (χ3v) is 4.12. The fourth-order valence-electron chi connectivity index (χ4n) is 1.71. The van der Waals surface area contributed by atoms with Crippen LogP contribution in [-0.4, -0.2) is 31.3 Å². The highest BCUT2D eigenvalue weighted by molar-refractivity contribution is 7.92. The number of hydrogen-bond donors (Lipinski definition) is 2. The maximum Gasteiger partial charge on any atom is 0.265 e. The van der Waals surface area contributed by atoms with Crippen molar-refractivity contribution in [1.29, 1.82) is 0 Å². The van der Waals surface area contributed by atoms with Crippen LogP contribution in [0.3, 0.4) is 0 Å². The van der Waals surface area contributed by atoms with Crippen molar-refractivity contribution in [1.82, 2.24) is 15.1 Å². The van der Waals surface area contributed by atoms with E-state index < -0.39 is 15.8 Å². The molecule has 6 nitrogen and oxygen atoms in total. The Bertz CT molecular complexity index is 682. The van der Waals surface area contributed by atoms with E-state index in [1.807, 2.05) is 6.92 Å². The van der Waals surface area contributed by atoms with Crippen molar-refractivity contribution in [2.24, 2.45) is 0 Å². The van der Waals surface area contributed by atoms with Gasteiger partial charge in [0.1, 0.15) is 10.7 Å². The fraction of sp³-hybridized carbons (Fsp3) is 0.308. The molecule has 1 heterocycles. The van der Waals surface area contributed by atoms with Crippen LogP contribution in [0.15, 0.2) is 41.6 Å². The molecular formula is C13H17FN4O2S. The summed E-state index contributed by atoms with van der Waals surface area (Å²) in [6, 6.07) is 5.11. The third-order valence-electron chi connectivity index (χ3n) is 2.78. The number of nitrogens with one attached hydrogen (secondary N) is 2. The van der Waals surface area contributed by atoms with Crippen molar-refractivity contribution in [3.05, 3.63) is 42.5 Å². The molecule has 8 heteroatoms. The van der Waals surface area contributed by atoms with Gasteiger partial charge in [-0.1, -0.05) is 6.92 Å². The van der Waals surface area contributed by atoms with E-state index in [0.29, 0.717) is 18.8 Å². The number of nitrogens with zero attached hydrogens (tertiary/aromatic N) is 2.